The fourth-order valence-electron chi connectivity index (χ4n) is 1.48. The number of aliphatic hydroxyl groups excluding tert-OH is 1. The van der Waals surface area contributed by atoms with Crippen LogP contribution in [0.1, 0.15) is 25.5 Å². The van der Waals surface area contributed by atoms with E-state index < -0.39 is 10.0 Å². The van der Waals surface area contributed by atoms with Crippen molar-refractivity contribution >= 4 is 10.0 Å². The van der Waals surface area contributed by atoms with Gasteiger partial charge in [-0.15, -0.1) is 0 Å². The minimum atomic E-state index is -3.78. The lowest BCUT2D eigenvalue weighted by atomic mass is 10.2. The fraction of sp³-hybridized carbons (Fsp3) is 0.455. The van der Waals surface area contributed by atoms with Crippen molar-refractivity contribution in [1.82, 2.24) is 9.71 Å². The van der Waals surface area contributed by atoms with E-state index in [1.165, 1.54) is 18.3 Å². The highest BCUT2D eigenvalue weighted by atomic mass is 32.2. The van der Waals surface area contributed by atoms with Gasteiger partial charge in [-0.1, -0.05) is 6.92 Å². The van der Waals surface area contributed by atoms with E-state index in [0.29, 0.717) is 12.8 Å². The van der Waals surface area contributed by atoms with E-state index >= 15 is 0 Å². The summed E-state index contributed by atoms with van der Waals surface area (Å²) < 4.78 is 26.6. The molecule has 0 saturated carbocycles. The van der Waals surface area contributed by atoms with Gasteiger partial charge in [0.05, 0.1) is 0 Å². The quantitative estimate of drug-likeness (QED) is 0.777. The fourth-order valence-corrected chi connectivity index (χ4v) is 2.94. The lowest BCUT2D eigenvalue weighted by molar-refractivity contribution is 0.270. The zero-order chi connectivity index (χ0) is 13.6. The van der Waals surface area contributed by atoms with Gasteiger partial charge in [-0.3, -0.25) is 0 Å². The molecule has 98 valence electrons. The van der Waals surface area contributed by atoms with Gasteiger partial charge in [0.25, 0.3) is 0 Å². The van der Waals surface area contributed by atoms with Crippen LogP contribution in [0.25, 0.3) is 0 Å². The van der Waals surface area contributed by atoms with Gasteiger partial charge < -0.3 is 5.11 Å². The van der Waals surface area contributed by atoms with Gasteiger partial charge in [0, 0.05) is 18.8 Å². The molecular formula is C11H15N3O3S. The molecule has 1 aromatic heterocycles. The molecule has 1 atom stereocenters. The first-order valence-electron chi connectivity index (χ1n) is 5.53. The summed E-state index contributed by atoms with van der Waals surface area (Å²) in [5, 5.41) is 17.7. The van der Waals surface area contributed by atoms with Crippen LogP contribution in [-0.2, 0) is 10.0 Å². The summed E-state index contributed by atoms with van der Waals surface area (Å²) in [6.45, 7) is 1.72. The Morgan fingerprint density at radius 2 is 2.33 bits per heavy atom. The van der Waals surface area contributed by atoms with Crippen molar-refractivity contribution in [2.75, 3.05) is 6.61 Å². The number of hydrogen-bond donors (Lipinski definition) is 2. The number of rotatable bonds is 6. The van der Waals surface area contributed by atoms with Gasteiger partial charge >= 0.3 is 0 Å². The van der Waals surface area contributed by atoms with E-state index in [4.69, 9.17) is 10.4 Å². The summed E-state index contributed by atoms with van der Waals surface area (Å²) in [4.78, 5) is 3.58. The first kappa shape index (κ1) is 14.6. The van der Waals surface area contributed by atoms with Crippen LogP contribution in [0.15, 0.2) is 23.2 Å². The van der Waals surface area contributed by atoms with Crippen LogP contribution in [-0.4, -0.2) is 31.2 Å². The largest absolute Gasteiger partial charge is 0.396 e. The second kappa shape index (κ2) is 6.44. The normalized spacial score (nSPS) is 12.9. The molecule has 1 aromatic rings. The molecule has 1 heterocycles. The molecule has 0 spiro atoms. The number of nitriles is 1. The second-order valence-corrected chi connectivity index (χ2v) is 5.38. The predicted octanol–water partition coefficient (Wildman–Crippen LogP) is 0.393. The molecule has 1 rings (SSSR count). The lowest BCUT2D eigenvalue weighted by Gasteiger charge is -2.16. The molecule has 0 radical (unpaired) electrons. The van der Waals surface area contributed by atoms with E-state index in [-0.39, 0.29) is 23.2 Å². The highest BCUT2D eigenvalue weighted by Crippen LogP contribution is 2.13. The van der Waals surface area contributed by atoms with Gasteiger partial charge in [-0.05, 0) is 25.0 Å². The van der Waals surface area contributed by atoms with Crippen molar-refractivity contribution in [1.29, 1.82) is 5.26 Å². The Bertz CT molecular complexity index is 537. The Labute approximate surface area is 106 Å². The third kappa shape index (κ3) is 3.50. The summed E-state index contributed by atoms with van der Waals surface area (Å²) in [5.41, 5.74) is -0.135. The molecule has 0 aromatic carbocycles. The number of aliphatic hydroxyl groups is 1. The lowest BCUT2D eigenvalue weighted by Crippen LogP contribution is -2.35. The van der Waals surface area contributed by atoms with Crippen molar-refractivity contribution in [2.45, 2.75) is 30.7 Å². The molecular weight excluding hydrogens is 254 g/mol. The average Bonchev–Trinajstić information content (AvgIpc) is 2.38. The molecule has 6 nitrogen and oxygen atoms in total. The molecule has 0 fully saturated rings. The van der Waals surface area contributed by atoms with Crippen molar-refractivity contribution in [3.63, 3.8) is 0 Å². The van der Waals surface area contributed by atoms with Gasteiger partial charge in [0.1, 0.15) is 11.0 Å². The molecule has 0 aliphatic carbocycles. The first-order valence-corrected chi connectivity index (χ1v) is 7.01. The standard InChI is InChI=1S/C11H15N3O3S/c1-2-9(5-7-15)14-18(16,17)11-4-3-6-13-10(11)8-12/h3-4,6,9,14-15H,2,5,7H2,1H3. The van der Waals surface area contributed by atoms with Crippen LogP contribution in [0, 0.1) is 11.3 Å². The van der Waals surface area contributed by atoms with Crippen molar-refractivity contribution < 1.29 is 13.5 Å². The molecule has 1 unspecified atom stereocenters. The van der Waals surface area contributed by atoms with Crippen molar-refractivity contribution in [2.24, 2.45) is 0 Å². The summed E-state index contributed by atoms with van der Waals surface area (Å²) in [7, 11) is -3.78. The topological polar surface area (TPSA) is 103 Å². The van der Waals surface area contributed by atoms with E-state index in [1.807, 2.05) is 6.92 Å². The maximum Gasteiger partial charge on any atom is 0.243 e. The van der Waals surface area contributed by atoms with Gasteiger partial charge in [0.15, 0.2) is 5.69 Å². The maximum absolute atomic E-state index is 12.1. The summed E-state index contributed by atoms with van der Waals surface area (Å²) in [5.74, 6) is 0. The number of sulfonamides is 1. The average molecular weight is 269 g/mol. The molecule has 0 saturated heterocycles. The van der Waals surface area contributed by atoms with Crippen LogP contribution in [0.2, 0.25) is 0 Å². The van der Waals surface area contributed by atoms with E-state index in [1.54, 1.807) is 6.07 Å². The van der Waals surface area contributed by atoms with Gasteiger partial charge in [0.2, 0.25) is 10.0 Å². The van der Waals surface area contributed by atoms with Crippen LogP contribution in [0.4, 0.5) is 0 Å². The number of hydrogen-bond acceptors (Lipinski definition) is 5. The summed E-state index contributed by atoms with van der Waals surface area (Å²) in [6, 6.07) is 4.18. The molecule has 0 bridgehead atoms. The van der Waals surface area contributed by atoms with Crippen molar-refractivity contribution in [3.8, 4) is 6.07 Å². The van der Waals surface area contributed by atoms with Gasteiger partial charge in [-0.25, -0.2) is 18.1 Å². The highest BCUT2D eigenvalue weighted by molar-refractivity contribution is 7.89. The minimum Gasteiger partial charge on any atom is -0.396 e. The Kier molecular flexibility index (Phi) is 5.22. The third-order valence-corrected chi connectivity index (χ3v) is 4.01. The zero-order valence-corrected chi connectivity index (χ0v) is 10.8. The molecule has 7 heteroatoms. The summed E-state index contributed by atoms with van der Waals surface area (Å²) >= 11 is 0. The Hall–Kier alpha value is -1.49. The van der Waals surface area contributed by atoms with Crippen LogP contribution in [0.3, 0.4) is 0 Å². The van der Waals surface area contributed by atoms with Crippen molar-refractivity contribution in [3.05, 3.63) is 24.0 Å². The van der Waals surface area contributed by atoms with E-state index in [0.717, 1.165) is 0 Å². The van der Waals surface area contributed by atoms with Crippen LogP contribution < -0.4 is 4.72 Å². The third-order valence-electron chi connectivity index (χ3n) is 2.46. The SMILES string of the molecule is CCC(CCO)NS(=O)(=O)c1cccnc1C#N. The van der Waals surface area contributed by atoms with E-state index in [9.17, 15) is 8.42 Å². The minimum absolute atomic E-state index is 0.0980. The first-order chi connectivity index (χ1) is 8.55. The molecule has 0 aliphatic heterocycles. The second-order valence-electron chi connectivity index (χ2n) is 3.70. The molecule has 0 amide bonds. The molecule has 18 heavy (non-hydrogen) atoms. The number of nitrogens with one attached hydrogen (secondary N) is 1. The monoisotopic (exact) mass is 269 g/mol. The number of nitrogens with zero attached hydrogens (tertiary/aromatic N) is 2. The Morgan fingerprint density at radius 1 is 1.61 bits per heavy atom. The van der Waals surface area contributed by atoms with Crippen LogP contribution >= 0.6 is 0 Å². The van der Waals surface area contributed by atoms with Gasteiger partial charge in [-0.2, -0.15) is 5.26 Å². The molecule has 2 N–H and O–H groups in total. The summed E-state index contributed by atoms with van der Waals surface area (Å²) in [6.07, 6.45) is 2.25. The Balaban J connectivity index is 3.03. The maximum atomic E-state index is 12.1. The highest BCUT2D eigenvalue weighted by Gasteiger charge is 2.22. The van der Waals surface area contributed by atoms with E-state index in [2.05, 4.69) is 9.71 Å². The Morgan fingerprint density at radius 3 is 2.89 bits per heavy atom. The predicted molar refractivity (Wildman–Crippen MR) is 65.1 cm³/mol. The van der Waals surface area contributed by atoms with Crippen LogP contribution in [0.5, 0.6) is 0 Å². The smallest absolute Gasteiger partial charge is 0.243 e. The molecule has 0 aliphatic rings. The number of aromatic nitrogens is 1. The zero-order valence-electron chi connectivity index (χ0n) is 10.00. The number of pyridine rings is 1.